The summed E-state index contributed by atoms with van der Waals surface area (Å²) in [4.78, 5) is 5.60. The third-order valence-electron chi connectivity index (χ3n) is 3.04. The van der Waals surface area contributed by atoms with Crippen molar-refractivity contribution in [3.05, 3.63) is 53.3 Å². The van der Waals surface area contributed by atoms with Gasteiger partial charge in [-0.25, -0.2) is 4.98 Å². The minimum Gasteiger partial charge on any atom is -0.281 e. The number of benzene rings is 1. The predicted molar refractivity (Wildman–Crippen MR) is 87.3 cm³/mol. The van der Waals surface area contributed by atoms with E-state index in [9.17, 15) is 0 Å². The largest absolute Gasteiger partial charge is 0.281 e. The number of pyridine rings is 1. The van der Waals surface area contributed by atoms with Gasteiger partial charge in [-0.15, -0.1) is 22.0 Å². The lowest BCUT2D eigenvalue weighted by molar-refractivity contribution is 1.09. The Labute approximate surface area is 131 Å². The Bertz CT molecular complexity index is 826. The van der Waals surface area contributed by atoms with E-state index in [2.05, 4.69) is 15.2 Å². The number of halogens is 1. The number of nitrogens with zero attached hydrogens (tertiary/aromatic N) is 4. The molecular weight excluding hydrogens is 304 g/mol. The van der Waals surface area contributed by atoms with Crippen LogP contribution in [0.5, 0.6) is 0 Å². The molecule has 0 radical (unpaired) electrons. The third-order valence-corrected chi connectivity index (χ3v) is 3.99. The molecule has 1 aromatic carbocycles. The predicted octanol–water partition coefficient (Wildman–Crippen LogP) is 5.43. The number of rotatable bonds is 3. The summed E-state index contributed by atoms with van der Waals surface area (Å²) in [5.74, 6) is 0.696. The smallest absolute Gasteiger partial charge is 0.182 e. The van der Waals surface area contributed by atoms with E-state index in [0.717, 1.165) is 21.9 Å². The SMILES string of the molecule is CSc1cccc(N=Nc2c(C)nc3ccc(Cl)cn23)c1. The Kier molecular flexibility index (Phi) is 3.94. The van der Waals surface area contributed by atoms with Crippen molar-refractivity contribution < 1.29 is 0 Å². The molecule has 0 saturated heterocycles. The highest BCUT2D eigenvalue weighted by molar-refractivity contribution is 7.98. The van der Waals surface area contributed by atoms with Crippen LogP contribution in [0.2, 0.25) is 5.02 Å². The maximum atomic E-state index is 6.03. The van der Waals surface area contributed by atoms with Crippen molar-refractivity contribution >= 4 is 40.5 Å². The Balaban J connectivity index is 2.02. The normalized spacial score (nSPS) is 11.6. The number of hydrogen-bond donors (Lipinski definition) is 0. The summed E-state index contributed by atoms with van der Waals surface area (Å²) < 4.78 is 1.85. The lowest BCUT2D eigenvalue weighted by atomic mass is 10.3. The van der Waals surface area contributed by atoms with Gasteiger partial charge in [0.15, 0.2) is 5.82 Å². The summed E-state index contributed by atoms with van der Waals surface area (Å²) in [7, 11) is 0. The molecule has 0 amide bonds. The highest BCUT2D eigenvalue weighted by Gasteiger charge is 2.08. The average molecular weight is 317 g/mol. The van der Waals surface area contributed by atoms with Crippen LogP contribution in [0.3, 0.4) is 0 Å². The zero-order chi connectivity index (χ0) is 14.8. The second-order valence-electron chi connectivity index (χ2n) is 4.50. The molecule has 2 heterocycles. The van der Waals surface area contributed by atoms with Crippen LogP contribution in [-0.4, -0.2) is 15.6 Å². The van der Waals surface area contributed by atoms with Crippen molar-refractivity contribution in [2.75, 3.05) is 6.26 Å². The van der Waals surface area contributed by atoms with Crippen LogP contribution >= 0.6 is 23.4 Å². The van der Waals surface area contributed by atoms with Gasteiger partial charge < -0.3 is 0 Å². The molecule has 0 aliphatic rings. The van der Waals surface area contributed by atoms with Gasteiger partial charge in [-0.1, -0.05) is 17.7 Å². The number of hydrogen-bond acceptors (Lipinski definition) is 4. The van der Waals surface area contributed by atoms with Gasteiger partial charge >= 0.3 is 0 Å². The zero-order valence-electron chi connectivity index (χ0n) is 11.6. The number of aromatic nitrogens is 2. The van der Waals surface area contributed by atoms with Crippen molar-refractivity contribution in [1.82, 2.24) is 9.38 Å². The fourth-order valence-electron chi connectivity index (χ4n) is 2.02. The standard InChI is InChI=1S/C15H13ClN4S/c1-10-15(20-9-11(16)6-7-14(20)17-10)19-18-12-4-3-5-13(8-12)21-2/h3-9H,1-2H3. The molecule has 6 heteroatoms. The van der Waals surface area contributed by atoms with Gasteiger partial charge in [-0.3, -0.25) is 4.40 Å². The summed E-state index contributed by atoms with van der Waals surface area (Å²) in [6.07, 6.45) is 3.83. The molecule has 106 valence electrons. The molecule has 0 saturated carbocycles. The molecule has 2 aromatic heterocycles. The van der Waals surface area contributed by atoms with E-state index in [-0.39, 0.29) is 0 Å². The molecule has 3 aromatic rings. The molecule has 21 heavy (non-hydrogen) atoms. The summed E-state index contributed by atoms with van der Waals surface area (Å²) >= 11 is 7.71. The van der Waals surface area contributed by atoms with Crippen LogP contribution in [0, 0.1) is 6.92 Å². The van der Waals surface area contributed by atoms with E-state index in [0.29, 0.717) is 10.8 Å². The summed E-state index contributed by atoms with van der Waals surface area (Å²) in [6.45, 7) is 1.91. The summed E-state index contributed by atoms with van der Waals surface area (Å²) in [5, 5.41) is 9.28. The quantitative estimate of drug-likeness (QED) is 0.477. The van der Waals surface area contributed by atoms with Crippen LogP contribution < -0.4 is 0 Å². The molecule has 0 aliphatic heterocycles. The van der Waals surface area contributed by atoms with Gasteiger partial charge in [0.2, 0.25) is 0 Å². The minimum absolute atomic E-state index is 0.640. The molecule has 4 nitrogen and oxygen atoms in total. The lowest BCUT2D eigenvalue weighted by Crippen LogP contribution is -1.82. The number of fused-ring (bicyclic) bond motifs is 1. The molecule has 0 spiro atoms. The van der Waals surface area contributed by atoms with Crippen LogP contribution in [-0.2, 0) is 0 Å². The average Bonchev–Trinajstić information content (AvgIpc) is 2.80. The maximum absolute atomic E-state index is 6.03. The van der Waals surface area contributed by atoms with Gasteiger partial charge in [-0.2, -0.15) is 0 Å². The van der Waals surface area contributed by atoms with Crippen molar-refractivity contribution in [2.45, 2.75) is 11.8 Å². The van der Waals surface area contributed by atoms with Gasteiger partial charge in [0, 0.05) is 11.1 Å². The molecule has 0 unspecified atom stereocenters. The van der Waals surface area contributed by atoms with Crippen LogP contribution in [0.1, 0.15) is 5.69 Å². The van der Waals surface area contributed by atoms with Crippen molar-refractivity contribution in [3.63, 3.8) is 0 Å². The topological polar surface area (TPSA) is 42.0 Å². The Morgan fingerprint density at radius 3 is 2.86 bits per heavy atom. The van der Waals surface area contributed by atoms with Crippen molar-refractivity contribution in [2.24, 2.45) is 10.2 Å². The van der Waals surface area contributed by atoms with Crippen molar-refractivity contribution in [1.29, 1.82) is 0 Å². The molecule has 0 fully saturated rings. The molecule has 0 bridgehead atoms. The Hall–Kier alpha value is -1.85. The fourth-order valence-corrected chi connectivity index (χ4v) is 2.64. The fraction of sp³-hybridized carbons (Fsp3) is 0.133. The minimum atomic E-state index is 0.640. The zero-order valence-corrected chi connectivity index (χ0v) is 13.2. The van der Waals surface area contributed by atoms with Crippen molar-refractivity contribution in [3.8, 4) is 0 Å². The van der Waals surface area contributed by atoms with E-state index < -0.39 is 0 Å². The monoisotopic (exact) mass is 316 g/mol. The molecule has 0 aliphatic carbocycles. The second kappa shape index (κ2) is 5.87. The van der Waals surface area contributed by atoms with Crippen LogP contribution in [0.4, 0.5) is 11.5 Å². The third kappa shape index (κ3) is 2.94. The first-order chi connectivity index (χ1) is 10.2. The van der Waals surface area contributed by atoms with Crippen LogP contribution in [0.25, 0.3) is 5.65 Å². The summed E-state index contributed by atoms with van der Waals surface area (Å²) in [5.41, 5.74) is 2.45. The van der Waals surface area contributed by atoms with Gasteiger partial charge in [0.25, 0.3) is 0 Å². The maximum Gasteiger partial charge on any atom is 0.182 e. The highest BCUT2D eigenvalue weighted by Crippen LogP contribution is 2.26. The van der Waals surface area contributed by atoms with E-state index in [1.165, 1.54) is 0 Å². The first-order valence-corrected chi connectivity index (χ1v) is 7.97. The lowest BCUT2D eigenvalue weighted by Gasteiger charge is -1.98. The van der Waals surface area contributed by atoms with Crippen LogP contribution in [0.15, 0.2) is 57.7 Å². The molecular formula is C15H13ClN4S. The Morgan fingerprint density at radius 2 is 2.05 bits per heavy atom. The van der Waals surface area contributed by atoms with E-state index in [4.69, 9.17) is 11.6 Å². The van der Waals surface area contributed by atoms with E-state index in [1.54, 1.807) is 18.0 Å². The molecule has 0 atom stereocenters. The number of aryl methyl sites for hydroxylation is 1. The number of imidazole rings is 1. The first kappa shape index (κ1) is 14.1. The molecule has 3 rings (SSSR count). The van der Waals surface area contributed by atoms with Gasteiger partial charge in [-0.05, 0) is 43.5 Å². The number of azo groups is 1. The first-order valence-electron chi connectivity index (χ1n) is 6.37. The second-order valence-corrected chi connectivity index (χ2v) is 5.81. The molecule has 0 N–H and O–H groups in total. The van der Waals surface area contributed by atoms with E-state index in [1.807, 2.05) is 54.0 Å². The number of thioether (sulfide) groups is 1. The van der Waals surface area contributed by atoms with E-state index >= 15 is 0 Å². The highest BCUT2D eigenvalue weighted by atomic mass is 35.5. The van der Waals surface area contributed by atoms with Gasteiger partial charge in [0.1, 0.15) is 5.65 Å². The Morgan fingerprint density at radius 1 is 1.19 bits per heavy atom. The van der Waals surface area contributed by atoms with Gasteiger partial charge in [0.05, 0.1) is 16.4 Å². The summed E-state index contributed by atoms with van der Waals surface area (Å²) in [6, 6.07) is 11.6.